The largest absolute Gasteiger partial charge is 0.306 e. The molecule has 1 aliphatic rings. The zero-order chi connectivity index (χ0) is 14.2. The van der Waals surface area contributed by atoms with Crippen LogP contribution in [0, 0.1) is 0 Å². The highest BCUT2D eigenvalue weighted by molar-refractivity contribution is 5.72. The number of H-pyrrole nitrogens is 1. The number of fused-ring (bicyclic) bond motifs is 3. The summed E-state index contributed by atoms with van der Waals surface area (Å²) in [5.41, 5.74) is 4.77. The fraction of sp³-hybridized carbons (Fsp3) is 0.111. The normalized spacial score (nSPS) is 12.6. The molecule has 3 aromatic rings. The van der Waals surface area contributed by atoms with Crippen LogP contribution in [0.15, 0.2) is 59.4 Å². The maximum Gasteiger partial charge on any atom is 0.259 e. The van der Waals surface area contributed by atoms with E-state index in [0.29, 0.717) is 5.82 Å². The van der Waals surface area contributed by atoms with Crippen molar-refractivity contribution in [2.24, 2.45) is 0 Å². The van der Waals surface area contributed by atoms with Gasteiger partial charge in [0, 0.05) is 5.56 Å². The Kier molecular flexibility index (Phi) is 2.71. The standard InChI is InChI=1S/C18H14N2O/c21-18-16-14-9-5-4-6-12(14)10-11-15(16)19-17(20-18)13-7-2-1-3-8-13/h1-9H,10-11H2,(H,19,20,21). The smallest absolute Gasteiger partial charge is 0.259 e. The van der Waals surface area contributed by atoms with E-state index >= 15 is 0 Å². The zero-order valence-corrected chi connectivity index (χ0v) is 11.5. The second kappa shape index (κ2) is 4.70. The Bertz CT molecular complexity index is 866. The SMILES string of the molecule is O=c1[nH]c(-c2ccccc2)nc2c1-c1ccccc1CC2. The zero-order valence-electron chi connectivity index (χ0n) is 11.5. The van der Waals surface area contributed by atoms with Crippen molar-refractivity contribution in [3.05, 3.63) is 76.2 Å². The highest BCUT2D eigenvalue weighted by Gasteiger charge is 2.21. The first kappa shape index (κ1) is 12.1. The molecule has 1 N–H and O–H groups in total. The van der Waals surface area contributed by atoms with E-state index in [9.17, 15) is 4.79 Å². The molecule has 1 aliphatic carbocycles. The van der Waals surface area contributed by atoms with Crippen molar-refractivity contribution in [1.29, 1.82) is 0 Å². The van der Waals surface area contributed by atoms with Crippen LogP contribution in [0.3, 0.4) is 0 Å². The van der Waals surface area contributed by atoms with E-state index in [1.165, 1.54) is 5.56 Å². The van der Waals surface area contributed by atoms with Crippen LogP contribution in [0.4, 0.5) is 0 Å². The van der Waals surface area contributed by atoms with Gasteiger partial charge in [0.1, 0.15) is 5.82 Å². The lowest BCUT2D eigenvalue weighted by atomic mass is 9.89. The fourth-order valence-corrected chi connectivity index (χ4v) is 2.95. The first-order chi connectivity index (χ1) is 10.3. The first-order valence-electron chi connectivity index (χ1n) is 7.10. The van der Waals surface area contributed by atoms with E-state index in [1.54, 1.807) is 0 Å². The summed E-state index contributed by atoms with van der Waals surface area (Å²) in [6, 6.07) is 17.9. The van der Waals surface area contributed by atoms with Crippen LogP contribution < -0.4 is 5.56 Å². The van der Waals surface area contributed by atoms with Crippen LogP contribution in [0.5, 0.6) is 0 Å². The maximum absolute atomic E-state index is 12.5. The van der Waals surface area contributed by atoms with Gasteiger partial charge >= 0.3 is 0 Å². The first-order valence-corrected chi connectivity index (χ1v) is 7.10. The fourth-order valence-electron chi connectivity index (χ4n) is 2.95. The molecule has 0 fully saturated rings. The predicted octanol–water partition coefficient (Wildman–Crippen LogP) is 3.20. The molecule has 0 aliphatic heterocycles. The summed E-state index contributed by atoms with van der Waals surface area (Å²) in [6.07, 6.45) is 1.75. The van der Waals surface area contributed by atoms with Gasteiger partial charge in [0.2, 0.25) is 0 Å². The Balaban J connectivity index is 1.94. The quantitative estimate of drug-likeness (QED) is 0.740. The van der Waals surface area contributed by atoms with Gasteiger partial charge in [0.05, 0.1) is 11.3 Å². The van der Waals surface area contributed by atoms with E-state index in [2.05, 4.69) is 16.0 Å². The summed E-state index contributed by atoms with van der Waals surface area (Å²) in [4.78, 5) is 20.1. The second-order valence-corrected chi connectivity index (χ2v) is 5.26. The number of hydrogen-bond donors (Lipinski definition) is 1. The highest BCUT2D eigenvalue weighted by atomic mass is 16.1. The van der Waals surface area contributed by atoms with Crippen molar-refractivity contribution < 1.29 is 0 Å². The molecule has 102 valence electrons. The minimum absolute atomic E-state index is 0.0500. The summed E-state index contributed by atoms with van der Waals surface area (Å²) in [5.74, 6) is 0.652. The molecule has 0 saturated carbocycles. The van der Waals surface area contributed by atoms with E-state index in [-0.39, 0.29) is 5.56 Å². The van der Waals surface area contributed by atoms with Crippen molar-refractivity contribution >= 4 is 0 Å². The van der Waals surface area contributed by atoms with Crippen molar-refractivity contribution in [3.8, 4) is 22.5 Å². The minimum atomic E-state index is -0.0500. The van der Waals surface area contributed by atoms with Gasteiger partial charge in [-0.1, -0.05) is 54.6 Å². The Hall–Kier alpha value is -2.68. The molecule has 3 heteroatoms. The van der Waals surface area contributed by atoms with Gasteiger partial charge in [-0.15, -0.1) is 0 Å². The lowest BCUT2D eigenvalue weighted by Crippen LogP contribution is -2.19. The molecule has 0 unspecified atom stereocenters. The lowest BCUT2D eigenvalue weighted by molar-refractivity contribution is 0.878. The molecule has 0 saturated heterocycles. The molecule has 21 heavy (non-hydrogen) atoms. The lowest BCUT2D eigenvalue weighted by Gasteiger charge is -2.18. The molecular formula is C18H14N2O. The van der Waals surface area contributed by atoms with Crippen LogP contribution in [0.1, 0.15) is 11.3 Å². The molecule has 0 atom stereocenters. The van der Waals surface area contributed by atoms with Crippen molar-refractivity contribution in [3.63, 3.8) is 0 Å². The molecule has 0 bridgehead atoms. The number of aryl methyl sites for hydroxylation is 2. The Morgan fingerprint density at radius 3 is 2.52 bits per heavy atom. The summed E-state index contributed by atoms with van der Waals surface area (Å²) >= 11 is 0. The van der Waals surface area contributed by atoms with Crippen LogP contribution >= 0.6 is 0 Å². The monoisotopic (exact) mass is 274 g/mol. The van der Waals surface area contributed by atoms with Crippen LogP contribution in [0.25, 0.3) is 22.5 Å². The second-order valence-electron chi connectivity index (χ2n) is 5.26. The van der Waals surface area contributed by atoms with Crippen molar-refractivity contribution in [1.82, 2.24) is 9.97 Å². The van der Waals surface area contributed by atoms with Gasteiger partial charge in [-0.05, 0) is 24.0 Å². The Morgan fingerprint density at radius 2 is 1.67 bits per heavy atom. The molecule has 0 radical (unpaired) electrons. The Morgan fingerprint density at radius 1 is 0.905 bits per heavy atom. The van der Waals surface area contributed by atoms with Crippen molar-refractivity contribution in [2.75, 3.05) is 0 Å². The molecule has 1 heterocycles. The molecule has 0 amide bonds. The number of benzene rings is 2. The summed E-state index contributed by atoms with van der Waals surface area (Å²) in [5, 5.41) is 0. The molecular weight excluding hydrogens is 260 g/mol. The molecule has 4 rings (SSSR count). The van der Waals surface area contributed by atoms with E-state index in [4.69, 9.17) is 0 Å². The molecule has 3 nitrogen and oxygen atoms in total. The van der Waals surface area contributed by atoms with Gasteiger partial charge in [0.15, 0.2) is 0 Å². The average Bonchev–Trinajstić information content (AvgIpc) is 2.55. The maximum atomic E-state index is 12.5. The van der Waals surface area contributed by atoms with Crippen LogP contribution in [0.2, 0.25) is 0 Å². The molecule has 1 aromatic heterocycles. The van der Waals surface area contributed by atoms with E-state index in [1.807, 2.05) is 48.5 Å². The van der Waals surface area contributed by atoms with Gasteiger partial charge in [0.25, 0.3) is 5.56 Å². The summed E-state index contributed by atoms with van der Waals surface area (Å²) < 4.78 is 0. The van der Waals surface area contributed by atoms with Crippen LogP contribution in [-0.4, -0.2) is 9.97 Å². The molecule has 2 aromatic carbocycles. The van der Waals surface area contributed by atoms with Gasteiger partial charge in [-0.25, -0.2) is 4.98 Å². The van der Waals surface area contributed by atoms with Gasteiger partial charge < -0.3 is 4.98 Å². The van der Waals surface area contributed by atoms with E-state index < -0.39 is 0 Å². The third-order valence-electron chi connectivity index (χ3n) is 3.96. The van der Waals surface area contributed by atoms with Crippen LogP contribution in [-0.2, 0) is 12.8 Å². The third-order valence-corrected chi connectivity index (χ3v) is 3.96. The van der Waals surface area contributed by atoms with E-state index in [0.717, 1.165) is 35.2 Å². The number of nitrogens with zero attached hydrogens (tertiary/aromatic N) is 1. The average molecular weight is 274 g/mol. The van der Waals surface area contributed by atoms with Gasteiger partial charge in [-0.3, -0.25) is 4.79 Å². The number of hydrogen-bond acceptors (Lipinski definition) is 2. The number of aromatic amines is 1. The number of nitrogens with one attached hydrogen (secondary N) is 1. The minimum Gasteiger partial charge on any atom is -0.306 e. The summed E-state index contributed by atoms with van der Waals surface area (Å²) in [7, 11) is 0. The summed E-state index contributed by atoms with van der Waals surface area (Å²) in [6.45, 7) is 0. The van der Waals surface area contributed by atoms with Gasteiger partial charge in [-0.2, -0.15) is 0 Å². The predicted molar refractivity (Wildman–Crippen MR) is 83.1 cm³/mol. The van der Waals surface area contributed by atoms with Crippen molar-refractivity contribution in [2.45, 2.75) is 12.8 Å². The molecule has 0 spiro atoms. The third kappa shape index (κ3) is 1.98. The highest BCUT2D eigenvalue weighted by Crippen LogP contribution is 2.30. The topological polar surface area (TPSA) is 45.8 Å². The number of aromatic nitrogens is 2. The Labute approximate surface area is 122 Å². The number of rotatable bonds is 1.